The van der Waals surface area contributed by atoms with Crippen molar-refractivity contribution >= 4 is 0 Å². The fraction of sp³-hybridized carbons (Fsp3) is 1.00. The fourth-order valence-electron chi connectivity index (χ4n) is 0.955. The summed E-state index contributed by atoms with van der Waals surface area (Å²) in [6.45, 7) is 4.64. The predicted octanol–water partition coefficient (Wildman–Crippen LogP) is 1.83. The van der Waals surface area contributed by atoms with E-state index in [0.717, 1.165) is 0 Å². The first-order chi connectivity index (χ1) is 7.21. The van der Waals surface area contributed by atoms with Crippen molar-refractivity contribution in [2.24, 2.45) is 0 Å². The fourth-order valence-corrected chi connectivity index (χ4v) is 3.94. The van der Waals surface area contributed by atoms with Gasteiger partial charge in [-0.3, -0.25) is 0 Å². The molecular weight excluding hydrogens is 255 g/mol. The molecule has 0 saturated heterocycles. The van der Waals surface area contributed by atoms with Crippen molar-refractivity contribution in [3.05, 3.63) is 0 Å². The predicted molar refractivity (Wildman–Crippen MR) is 52.3 cm³/mol. The molecule has 0 unspecified atom stereocenters. The molecule has 0 aromatic rings. The molecule has 0 atom stereocenters. The Morgan fingerprint density at radius 3 is 1.25 bits per heavy atom. The Bertz CT molecular complexity index is 321. The maximum absolute atomic E-state index is 12.0. The maximum atomic E-state index is 12.0. The summed E-state index contributed by atoms with van der Waals surface area (Å²) in [5, 5.41) is 0. The summed E-state index contributed by atoms with van der Waals surface area (Å²) >= 11 is -7.47. The van der Waals surface area contributed by atoms with Gasteiger partial charge in [-0.25, -0.2) is 0 Å². The van der Waals surface area contributed by atoms with Gasteiger partial charge in [0.25, 0.3) is 0 Å². The first kappa shape index (κ1) is 16.0. The van der Waals surface area contributed by atoms with Gasteiger partial charge in [-0.05, 0) is 0 Å². The Balaban J connectivity index is 4.97. The Hall–Kier alpha value is 0.0244. The quantitative estimate of drug-likeness (QED) is 0.692. The summed E-state index contributed by atoms with van der Waals surface area (Å²) in [5.41, 5.74) is 0. The molecule has 6 nitrogen and oxygen atoms in total. The zero-order valence-electron chi connectivity index (χ0n) is 10.2. The normalized spacial score (nSPS) is 16.8. The summed E-state index contributed by atoms with van der Waals surface area (Å²) < 4.78 is 47.4. The molecule has 0 fully saturated rings. The molecule has 0 aliphatic rings. The van der Waals surface area contributed by atoms with Crippen LogP contribution in [0.2, 0.25) is 0 Å². The van der Waals surface area contributed by atoms with E-state index in [4.69, 9.17) is 0 Å². The average Bonchev–Trinajstić information content (AvgIpc) is 2.22. The third kappa shape index (κ3) is 5.38. The molecule has 1 N–H and O–H groups in total. The number of hydrogen-bond acceptors (Lipinski definition) is 5. The number of hydrogen-bond donors (Lipinski definition) is 1. The van der Waals surface area contributed by atoms with Crippen LogP contribution in [0.5, 0.6) is 0 Å². The van der Waals surface area contributed by atoms with Crippen LogP contribution < -0.4 is 0 Å². The van der Waals surface area contributed by atoms with Gasteiger partial charge in [-0.2, -0.15) is 0 Å². The second-order valence-corrected chi connectivity index (χ2v) is 8.47. The second-order valence-electron chi connectivity index (χ2n) is 3.65. The Morgan fingerprint density at radius 2 is 1.06 bits per heavy atom. The van der Waals surface area contributed by atoms with Crippen LogP contribution in [0.15, 0.2) is 0 Å². The van der Waals surface area contributed by atoms with E-state index in [9.17, 15) is 11.4 Å². The third-order valence-electron chi connectivity index (χ3n) is 1.69. The van der Waals surface area contributed by atoms with Crippen LogP contribution in [-0.4, -0.2) is 23.9 Å². The molecule has 0 amide bonds. The van der Waals surface area contributed by atoms with Crippen LogP contribution >= 0.6 is 0 Å². The summed E-state index contributed by atoms with van der Waals surface area (Å²) in [5.74, 6) is 0. The van der Waals surface area contributed by atoms with E-state index in [0.29, 0.717) is 19.3 Å². The topological polar surface area (TPSA) is 82.1 Å². The molecule has 0 rings (SSSR count). The van der Waals surface area contributed by atoms with E-state index in [1.165, 1.54) is 0 Å². The summed E-state index contributed by atoms with van der Waals surface area (Å²) in [4.78, 5) is 0. The van der Waals surface area contributed by atoms with Crippen molar-refractivity contribution < 1.29 is 35.4 Å². The van der Waals surface area contributed by atoms with Gasteiger partial charge in [0.05, 0.1) is 0 Å². The summed E-state index contributed by atoms with van der Waals surface area (Å²) in [7, 11) is 0. The first-order valence-corrected chi connectivity index (χ1v) is 9.08. The van der Waals surface area contributed by atoms with Gasteiger partial charge < -0.3 is 0 Å². The van der Waals surface area contributed by atoms with Crippen LogP contribution in [0.25, 0.3) is 0 Å². The standard InChI is InChI=1S/3C3H7O.H2O.2O.V/c3*1-2-3-4;;;;/h3*2-3H2,1H3;1H2;;;/q3*-1;;;;+4/p-1. The molecule has 0 saturated carbocycles. The molecule has 7 heteroatoms. The van der Waals surface area contributed by atoms with E-state index in [2.05, 4.69) is 11.0 Å². The SMILES string of the molecule is CCC[O][V](=[O])(=[O])([OH])([O]CCC)[O]CCC. The van der Waals surface area contributed by atoms with Crippen LogP contribution in [-0.2, 0) is 31.4 Å². The molecule has 0 heterocycles. The minimum atomic E-state index is -7.47. The van der Waals surface area contributed by atoms with Gasteiger partial charge >= 0.3 is 95.3 Å². The van der Waals surface area contributed by atoms with E-state index in [-0.39, 0.29) is 19.8 Å². The van der Waals surface area contributed by atoms with Crippen molar-refractivity contribution in [2.75, 3.05) is 19.8 Å². The van der Waals surface area contributed by atoms with Crippen molar-refractivity contribution in [1.82, 2.24) is 0 Å². The molecule has 99 valence electrons. The van der Waals surface area contributed by atoms with Crippen LogP contribution in [0.4, 0.5) is 0 Å². The van der Waals surface area contributed by atoms with Gasteiger partial charge in [-0.15, -0.1) is 0 Å². The third-order valence-corrected chi connectivity index (χ3v) is 5.06. The zero-order chi connectivity index (χ0) is 12.8. The van der Waals surface area contributed by atoms with Crippen molar-refractivity contribution in [3.63, 3.8) is 0 Å². The van der Waals surface area contributed by atoms with E-state index < -0.39 is 13.1 Å². The Morgan fingerprint density at radius 1 is 0.812 bits per heavy atom. The van der Waals surface area contributed by atoms with Crippen molar-refractivity contribution in [2.45, 2.75) is 40.0 Å². The van der Waals surface area contributed by atoms with E-state index >= 15 is 0 Å². The Labute approximate surface area is 95.6 Å². The molecule has 0 radical (unpaired) electrons. The van der Waals surface area contributed by atoms with Gasteiger partial charge in [0.1, 0.15) is 0 Å². The van der Waals surface area contributed by atoms with Gasteiger partial charge in [-0.1, -0.05) is 0 Å². The van der Waals surface area contributed by atoms with Crippen LogP contribution in [0, 0.1) is 0 Å². The molecule has 0 aromatic heterocycles. The molecule has 0 aliphatic carbocycles. The summed E-state index contributed by atoms with van der Waals surface area (Å²) in [6.07, 6.45) is 1.28. The number of rotatable bonds is 9. The zero-order valence-corrected chi connectivity index (χ0v) is 11.6. The minimum absolute atomic E-state index is 0.170. The molecule has 0 bridgehead atoms. The molecule has 0 aliphatic heterocycles. The molecule has 0 spiro atoms. The molecular formula is C9H22O6V. The van der Waals surface area contributed by atoms with Crippen molar-refractivity contribution in [1.29, 1.82) is 0 Å². The monoisotopic (exact) mass is 277 g/mol. The Kier molecular flexibility index (Phi) is 5.13. The molecule has 16 heavy (non-hydrogen) atoms. The average molecular weight is 277 g/mol. The molecule has 0 aromatic carbocycles. The van der Waals surface area contributed by atoms with E-state index in [1.54, 1.807) is 20.8 Å². The van der Waals surface area contributed by atoms with E-state index in [1.807, 2.05) is 0 Å². The first-order valence-electron chi connectivity index (χ1n) is 5.60. The van der Waals surface area contributed by atoms with Crippen molar-refractivity contribution in [3.8, 4) is 0 Å². The van der Waals surface area contributed by atoms with Crippen LogP contribution in [0.1, 0.15) is 40.0 Å². The summed E-state index contributed by atoms with van der Waals surface area (Å²) in [6, 6.07) is 0. The van der Waals surface area contributed by atoms with Gasteiger partial charge in [0, 0.05) is 0 Å². The van der Waals surface area contributed by atoms with Crippen LogP contribution in [0.3, 0.4) is 0 Å². The van der Waals surface area contributed by atoms with Gasteiger partial charge in [0.2, 0.25) is 0 Å². The van der Waals surface area contributed by atoms with Gasteiger partial charge in [0.15, 0.2) is 0 Å². The second kappa shape index (κ2) is 5.12.